The lowest BCUT2D eigenvalue weighted by atomic mass is 9.99. The minimum absolute atomic E-state index is 0.00769. The number of ether oxygens (including phenoxy) is 1. The van der Waals surface area contributed by atoms with E-state index in [2.05, 4.69) is 0 Å². The lowest BCUT2D eigenvalue weighted by Gasteiger charge is -2.17. The molecular weight excluding hydrogens is 269 g/mol. The van der Waals surface area contributed by atoms with Crippen LogP contribution in [0.25, 0.3) is 0 Å². The fourth-order valence-electron chi connectivity index (χ4n) is 1.84. The monoisotopic (exact) mass is 280 g/mol. The van der Waals surface area contributed by atoms with Gasteiger partial charge in [0.2, 0.25) is 0 Å². The first kappa shape index (κ1) is 13.5. The van der Waals surface area contributed by atoms with Crippen molar-refractivity contribution in [2.45, 2.75) is 31.0 Å². The van der Waals surface area contributed by atoms with Crippen LogP contribution in [0.4, 0.5) is 13.2 Å². The van der Waals surface area contributed by atoms with Gasteiger partial charge in [0.05, 0.1) is 23.3 Å². The number of methoxy groups -OCH3 is 1. The van der Waals surface area contributed by atoms with E-state index in [1.807, 2.05) is 0 Å². The standard InChI is InChI=1S/C12H12ClF3O2/c1-18-10-5-8(12(14,15)16)7(4-9(10)13)6-11(17)2-3-11/h4-5,17H,2-3,6H2,1H3. The van der Waals surface area contributed by atoms with Gasteiger partial charge in [0.25, 0.3) is 0 Å². The molecule has 1 aliphatic rings. The Morgan fingerprint density at radius 3 is 2.44 bits per heavy atom. The summed E-state index contributed by atoms with van der Waals surface area (Å²) in [6.07, 6.45) is -3.48. The molecule has 1 aliphatic carbocycles. The van der Waals surface area contributed by atoms with Crippen molar-refractivity contribution >= 4 is 11.6 Å². The molecule has 1 saturated carbocycles. The molecular formula is C12H12ClF3O2. The minimum atomic E-state index is -4.49. The first-order valence-electron chi connectivity index (χ1n) is 5.41. The fourth-order valence-corrected chi connectivity index (χ4v) is 2.10. The lowest BCUT2D eigenvalue weighted by molar-refractivity contribution is -0.138. The van der Waals surface area contributed by atoms with E-state index in [1.165, 1.54) is 13.2 Å². The molecule has 0 bridgehead atoms. The van der Waals surface area contributed by atoms with Crippen LogP contribution in [0.15, 0.2) is 12.1 Å². The van der Waals surface area contributed by atoms with Gasteiger partial charge in [0.1, 0.15) is 5.75 Å². The van der Waals surface area contributed by atoms with Gasteiger partial charge in [0, 0.05) is 6.42 Å². The SMILES string of the molecule is COc1cc(C(F)(F)F)c(CC2(O)CC2)cc1Cl. The Kier molecular flexibility index (Phi) is 3.23. The highest BCUT2D eigenvalue weighted by Gasteiger charge is 2.43. The van der Waals surface area contributed by atoms with E-state index >= 15 is 0 Å². The van der Waals surface area contributed by atoms with Gasteiger partial charge in [-0.05, 0) is 30.5 Å². The smallest absolute Gasteiger partial charge is 0.416 e. The van der Waals surface area contributed by atoms with E-state index in [1.54, 1.807) is 0 Å². The maximum atomic E-state index is 12.9. The normalized spacial score (nSPS) is 17.7. The Labute approximate surface area is 107 Å². The van der Waals surface area contributed by atoms with Crippen molar-refractivity contribution in [1.29, 1.82) is 0 Å². The van der Waals surface area contributed by atoms with Gasteiger partial charge in [-0.2, -0.15) is 13.2 Å². The predicted molar refractivity (Wildman–Crippen MR) is 60.9 cm³/mol. The molecule has 6 heteroatoms. The Balaban J connectivity index is 2.45. The zero-order chi connectivity index (χ0) is 13.6. The molecule has 0 aromatic heterocycles. The molecule has 2 rings (SSSR count). The molecule has 100 valence electrons. The Morgan fingerprint density at radius 1 is 1.39 bits per heavy atom. The molecule has 0 spiro atoms. The molecule has 0 amide bonds. The Morgan fingerprint density at radius 2 is 2.00 bits per heavy atom. The van der Waals surface area contributed by atoms with Crippen LogP contribution < -0.4 is 4.74 Å². The molecule has 0 aliphatic heterocycles. The quantitative estimate of drug-likeness (QED) is 0.919. The number of rotatable bonds is 3. The van der Waals surface area contributed by atoms with E-state index in [4.69, 9.17) is 16.3 Å². The van der Waals surface area contributed by atoms with Crippen LogP contribution in [0.3, 0.4) is 0 Å². The summed E-state index contributed by atoms with van der Waals surface area (Å²) in [4.78, 5) is 0. The van der Waals surface area contributed by atoms with Gasteiger partial charge in [-0.15, -0.1) is 0 Å². The average molecular weight is 281 g/mol. The van der Waals surface area contributed by atoms with Crippen LogP contribution >= 0.6 is 11.6 Å². The summed E-state index contributed by atoms with van der Waals surface area (Å²) in [6, 6.07) is 2.10. The summed E-state index contributed by atoms with van der Waals surface area (Å²) < 4.78 is 43.5. The first-order chi connectivity index (χ1) is 8.25. The summed E-state index contributed by atoms with van der Waals surface area (Å²) in [5, 5.41) is 9.86. The third-order valence-corrected chi connectivity index (χ3v) is 3.33. The lowest BCUT2D eigenvalue weighted by Crippen LogP contribution is -2.16. The van der Waals surface area contributed by atoms with Gasteiger partial charge >= 0.3 is 6.18 Å². The van der Waals surface area contributed by atoms with Crippen molar-refractivity contribution in [3.05, 3.63) is 28.3 Å². The molecule has 1 N–H and O–H groups in total. The van der Waals surface area contributed by atoms with Gasteiger partial charge in [-0.25, -0.2) is 0 Å². The van der Waals surface area contributed by atoms with E-state index in [0.717, 1.165) is 6.07 Å². The number of halogens is 4. The summed E-state index contributed by atoms with van der Waals surface area (Å²) in [5.41, 5.74) is -1.80. The Hall–Kier alpha value is -0.940. The van der Waals surface area contributed by atoms with Gasteiger partial charge in [-0.1, -0.05) is 11.6 Å². The molecule has 2 nitrogen and oxygen atoms in total. The second-order valence-corrected chi connectivity index (χ2v) is 4.95. The summed E-state index contributed by atoms with van der Waals surface area (Å²) in [5.74, 6) is -0.0180. The van der Waals surface area contributed by atoms with E-state index < -0.39 is 17.3 Å². The van der Waals surface area contributed by atoms with Crippen LogP contribution in [0, 0.1) is 0 Å². The summed E-state index contributed by atoms with van der Waals surface area (Å²) >= 11 is 5.83. The first-order valence-corrected chi connectivity index (χ1v) is 5.79. The average Bonchev–Trinajstić information content (AvgIpc) is 2.94. The topological polar surface area (TPSA) is 29.5 Å². The number of alkyl halides is 3. The van der Waals surface area contributed by atoms with Crippen LogP contribution in [0.2, 0.25) is 5.02 Å². The van der Waals surface area contributed by atoms with Crippen molar-refractivity contribution in [1.82, 2.24) is 0 Å². The number of benzene rings is 1. The van der Waals surface area contributed by atoms with Crippen molar-refractivity contribution in [3.8, 4) is 5.75 Å². The molecule has 18 heavy (non-hydrogen) atoms. The second-order valence-electron chi connectivity index (χ2n) is 4.54. The van der Waals surface area contributed by atoms with Crippen LogP contribution in [-0.4, -0.2) is 17.8 Å². The highest BCUT2D eigenvalue weighted by atomic mass is 35.5. The third kappa shape index (κ3) is 2.72. The molecule has 0 radical (unpaired) electrons. The number of hydrogen-bond acceptors (Lipinski definition) is 2. The van der Waals surface area contributed by atoms with Gasteiger partial charge in [0.15, 0.2) is 0 Å². The molecule has 1 aromatic carbocycles. The van der Waals surface area contributed by atoms with Crippen molar-refractivity contribution < 1.29 is 23.0 Å². The maximum Gasteiger partial charge on any atom is 0.416 e. The van der Waals surface area contributed by atoms with Crippen molar-refractivity contribution in [3.63, 3.8) is 0 Å². The van der Waals surface area contributed by atoms with Crippen molar-refractivity contribution in [2.75, 3.05) is 7.11 Å². The summed E-state index contributed by atoms with van der Waals surface area (Å²) in [6.45, 7) is 0. The highest BCUT2D eigenvalue weighted by Crippen LogP contribution is 2.43. The molecule has 0 unspecified atom stereocenters. The number of hydrogen-bond donors (Lipinski definition) is 1. The van der Waals surface area contributed by atoms with Crippen LogP contribution in [0.1, 0.15) is 24.0 Å². The largest absolute Gasteiger partial charge is 0.495 e. The highest BCUT2D eigenvalue weighted by molar-refractivity contribution is 6.32. The molecule has 1 fully saturated rings. The fraction of sp³-hybridized carbons (Fsp3) is 0.500. The van der Waals surface area contributed by atoms with Gasteiger partial charge in [-0.3, -0.25) is 0 Å². The third-order valence-electron chi connectivity index (χ3n) is 3.03. The molecule has 1 aromatic rings. The minimum Gasteiger partial charge on any atom is -0.495 e. The summed E-state index contributed by atoms with van der Waals surface area (Å²) in [7, 11) is 1.26. The maximum absolute atomic E-state index is 12.9. The second kappa shape index (κ2) is 4.31. The molecule has 0 atom stereocenters. The van der Waals surface area contributed by atoms with Crippen molar-refractivity contribution in [2.24, 2.45) is 0 Å². The van der Waals surface area contributed by atoms with E-state index in [9.17, 15) is 18.3 Å². The van der Waals surface area contributed by atoms with E-state index in [0.29, 0.717) is 12.8 Å². The van der Waals surface area contributed by atoms with Crippen LogP contribution in [0.5, 0.6) is 5.75 Å². The van der Waals surface area contributed by atoms with Crippen LogP contribution in [-0.2, 0) is 12.6 Å². The Bertz CT molecular complexity index is 467. The molecule has 0 heterocycles. The molecule has 0 saturated heterocycles. The van der Waals surface area contributed by atoms with Gasteiger partial charge < -0.3 is 9.84 Å². The predicted octanol–water partition coefficient (Wildman–Crippen LogP) is 3.43. The zero-order valence-electron chi connectivity index (χ0n) is 9.64. The van der Waals surface area contributed by atoms with E-state index in [-0.39, 0.29) is 22.8 Å². The zero-order valence-corrected chi connectivity index (χ0v) is 10.4. The number of aliphatic hydroxyl groups is 1.